The van der Waals surface area contributed by atoms with Gasteiger partial charge >= 0.3 is 0 Å². The minimum atomic E-state index is 0.681. The molecule has 0 atom stereocenters. The molecule has 1 radical (unpaired) electrons. The molecule has 1 N–H and O–H groups in total. The summed E-state index contributed by atoms with van der Waals surface area (Å²) < 4.78 is 0. The van der Waals surface area contributed by atoms with Crippen LogP contribution >= 0.6 is 0 Å². The third kappa shape index (κ3) is 0.857. The normalized spacial score (nSPS) is 9.75. The van der Waals surface area contributed by atoms with Crippen LogP contribution in [0.25, 0.3) is 0 Å². The molecule has 3 heteroatoms. The van der Waals surface area contributed by atoms with E-state index in [4.69, 9.17) is 0 Å². The van der Waals surface area contributed by atoms with Gasteiger partial charge < -0.3 is 4.98 Å². The quantitative estimate of drug-likeness (QED) is 0.571. The molecular weight excluding hydrogens is 102 g/mol. The van der Waals surface area contributed by atoms with Gasteiger partial charge in [-0.3, -0.25) is 0 Å². The molecule has 1 rings (SSSR count). The van der Waals surface area contributed by atoms with E-state index < -0.39 is 0 Å². The van der Waals surface area contributed by atoms with Crippen LogP contribution in [0.2, 0.25) is 0 Å². The summed E-state index contributed by atoms with van der Waals surface area (Å²) in [6, 6.07) is 0. The van der Waals surface area contributed by atoms with E-state index in [2.05, 4.69) is 22.1 Å². The van der Waals surface area contributed by atoms with Crippen molar-refractivity contribution in [2.45, 2.75) is 13.3 Å². The van der Waals surface area contributed by atoms with Gasteiger partial charge in [-0.2, -0.15) is 0 Å². The third-order valence-electron chi connectivity index (χ3n) is 0.883. The lowest BCUT2D eigenvalue weighted by atomic mass is 10.5. The third-order valence-corrected chi connectivity index (χ3v) is 0.883. The molecule has 0 spiro atoms. The zero-order valence-corrected chi connectivity index (χ0v) is 4.81. The first kappa shape index (κ1) is 5.28. The van der Waals surface area contributed by atoms with Crippen molar-refractivity contribution in [2.24, 2.45) is 0 Å². The SMILES string of the molecule is [CH2]Cc1nnc(C)[nH]1. The monoisotopic (exact) mass is 110 g/mol. The zero-order valence-electron chi connectivity index (χ0n) is 4.81. The number of hydrogen-bond donors (Lipinski definition) is 1. The van der Waals surface area contributed by atoms with Crippen LogP contribution < -0.4 is 0 Å². The van der Waals surface area contributed by atoms with Gasteiger partial charge in [0.25, 0.3) is 0 Å². The summed E-state index contributed by atoms with van der Waals surface area (Å²) in [6.07, 6.45) is 0.681. The molecule has 0 aliphatic carbocycles. The average molecular weight is 110 g/mol. The Labute approximate surface area is 48.1 Å². The molecule has 0 amide bonds. The molecular formula is C5H8N3. The first-order valence-electron chi connectivity index (χ1n) is 2.50. The van der Waals surface area contributed by atoms with Gasteiger partial charge in [0.15, 0.2) is 0 Å². The van der Waals surface area contributed by atoms with Crippen LogP contribution in [0.15, 0.2) is 0 Å². The number of hydrogen-bond acceptors (Lipinski definition) is 2. The molecule has 43 valence electrons. The molecule has 1 aromatic rings. The Hall–Kier alpha value is -0.860. The van der Waals surface area contributed by atoms with Crippen molar-refractivity contribution in [1.29, 1.82) is 0 Å². The van der Waals surface area contributed by atoms with Gasteiger partial charge in [-0.15, -0.1) is 10.2 Å². The fourth-order valence-corrected chi connectivity index (χ4v) is 0.507. The van der Waals surface area contributed by atoms with Crippen molar-refractivity contribution in [3.8, 4) is 0 Å². The van der Waals surface area contributed by atoms with Gasteiger partial charge in [0.1, 0.15) is 11.6 Å². The highest BCUT2D eigenvalue weighted by Crippen LogP contribution is 1.88. The smallest absolute Gasteiger partial charge is 0.130 e. The van der Waals surface area contributed by atoms with Crippen LogP contribution in [0, 0.1) is 13.8 Å². The fourth-order valence-electron chi connectivity index (χ4n) is 0.507. The molecule has 3 nitrogen and oxygen atoms in total. The Kier molecular flexibility index (Phi) is 1.28. The first-order chi connectivity index (χ1) is 3.83. The molecule has 0 aromatic carbocycles. The van der Waals surface area contributed by atoms with Crippen LogP contribution in [0.4, 0.5) is 0 Å². The van der Waals surface area contributed by atoms with E-state index >= 15 is 0 Å². The van der Waals surface area contributed by atoms with E-state index in [1.807, 2.05) is 6.92 Å². The van der Waals surface area contributed by atoms with Gasteiger partial charge in [-0.1, -0.05) is 0 Å². The van der Waals surface area contributed by atoms with Crippen molar-refractivity contribution in [1.82, 2.24) is 15.2 Å². The topological polar surface area (TPSA) is 41.6 Å². The van der Waals surface area contributed by atoms with E-state index in [1.165, 1.54) is 0 Å². The maximum Gasteiger partial charge on any atom is 0.130 e. The minimum absolute atomic E-state index is 0.681. The van der Waals surface area contributed by atoms with E-state index in [9.17, 15) is 0 Å². The Morgan fingerprint density at radius 3 is 2.62 bits per heavy atom. The highest BCUT2D eigenvalue weighted by Gasteiger charge is 1.91. The molecule has 0 bridgehead atoms. The number of nitrogens with zero attached hydrogens (tertiary/aromatic N) is 2. The molecule has 8 heavy (non-hydrogen) atoms. The van der Waals surface area contributed by atoms with Crippen LogP contribution in [0.5, 0.6) is 0 Å². The Morgan fingerprint density at radius 2 is 2.38 bits per heavy atom. The zero-order chi connectivity index (χ0) is 5.98. The van der Waals surface area contributed by atoms with Crippen molar-refractivity contribution in [2.75, 3.05) is 0 Å². The number of rotatable bonds is 1. The summed E-state index contributed by atoms with van der Waals surface area (Å²) in [5, 5.41) is 7.51. The van der Waals surface area contributed by atoms with E-state index in [0.717, 1.165) is 11.6 Å². The standard InChI is InChI=1S/C5H8N3/c1-3-5-6-4(2)7-8-5/h1,3H2,2H3,(H,6,7,8). The summed E-state index contributed by atoms with van der Waals surface area (Å²) in [5.74, 6) is 1.70. The highest BCUT2D eigenvalue weighted by molar-refractivity contribution is 4.87. The number of aromatic nitrogens is 3. The van der Waals surface area contributed by atoms with E-state index in [0.29, 0.717) is 6.42 Å². The van der Waals surface area contributed by atoms with Gasteiger partial charge in [-0.05, 0) is 13.8 Å². The van der Waals surface area contributed by atoms with Gasteiger partial charge in [0.2, 0.25) is 0 Å². The lowest BCUT2D eigenvalue weighted by Gasteiger charge is -1.79. The lowest BCUT2D eigenvalue weighted by Crippen LogP contribution is -1.80. The van der Waals surface area contributed by atoms with Gasteiger partial charge in [0.05, 0.1) is 0 Å². The number of aromatic amines is 1. The Balaban J connectivity index is 2.84. The second-order valence-corrected chi connectivity index (χ2v) is 1.61. The van der Waals surface area contributed by atoms with Gasteiger partial charge in [-0.25, -0.2) is 0 Å². The summed E-state index contributed by atoms with van der Waals surface area (Å²) in [4.78, 5) is 2.94. The molecule has 0 unspecified atom stereocenters. The predicted octanol–water partition coefficient (Wildman–Crippen LogP) is 0.490. The maximum absolute atomic E-state index is 3.77. The summed E-state index contributed by atoms with van der Waals surface area (Å²) in [7, 11) is 0. The fraction of sp³-hybridized carbons (Fsp3) is 0.400. The van der Waals surface area contributed by atoms with Crippen LogP contribution in [-0.4, -0.2) is 15.2 Å². The molecule has 0 aliphatic rings. The second kappa shape index (κ2) is 1.94. The number of aryl methyl sites for hydroxylation is 1. The first-order valence-corrected chi connectivity index (χ1v) is 2.50. The number of nitrogens with one attached hydrogen (secondary N) is 1. The van der Waals surface area contributed by atoms with E-state index in [1.54, 1.807) is 0 Å². The lowest BCUT2D eigenvalue weighted by molar-refractivity contribution is 0.984. The van der Waals surface area contributed by atoms with Crippen molar-refractivity contribution < 1.29 is 0 Å². The Morgan fingerprint density at radius 1 is 1.62 bits per heavy atom. The van der Waals surface area contributed by atoms with E-state index in [-0.39, 0.29) is 0 Å². The van der Waals surface area contributed by atoms with Crippen LogP contribution in [0.1, 0.15) is 11.6 Å². The van der Waals surface area contributed by atoms with Crippen LogP contribution in [-0.2, 0) is 6.42 Å². The molecule has 0 fully saturated rings. The predicted molar refractivity (Wildman–Crippen MR) is 30.2 cm³/mol. The summed E-state index contributed by atoms with van der Waals surface area (Å²) >= 11 is 0. The van der Waals surface area contributed by atoms with Crippen molar-refractivity contribution in [3.05, 3.63) is 18.6 Å². The summed E-state index contributed by atoms with van der Waals surface area (Å²) in [5.41, 5.74) is 0. The Bertz CT molecular complexity index is 168. The minimum Gasteiger partial charge on any atom is -0.329 e. The average Bonchev–Trinajstić information content (AvgIpc) is 2.14. The highest BCUT2D eigenvalue weighted by atomic mass is 15.2. The maximum atomic E-state index is 3.77. The molecule has 1 heterocycles. The molecule has 0 saturated heterocycles. The summed E-state index contributed by atoms with van der Waals surface area (Å²) in [6.45, 7) is 5.50. The second-order valence-electron chi connectivity index (χ2n) is 1.61. The molecule has 1 aromatic heterocycles. The molecule has 0 aliphatic heterocycles. The van der Waals surface area contributed by atoms with Crippen molar-refractivity contribution >= 4 is 0 Å². The molecule has 0 saturated carbocycles. The van der Waals surface area contributed by atoms with Crippen LogP contribution in [0.3, 0.4) is 0 Å². The largest absolute Gasteiger partial charge is 0.329 e. The van der Waals surface area contributed by atoms with Crippen molar-refractivity contribution in [3.63, 3.8) is 0 Å². The number of H-pyrrole nitrogens is 1. The van der Waals surface area contributed by atoms with Gasteiger partial charge in [0, 0.05) is 6.42 Å².